The molecule has 6 aromatic heterocycles. The summed E-state index contributed by atoms with van der Waals surface area (Å²) >= 11 is 0. The Morgan fingerprint density at radius 2 is 0.644 bits per heavy atom. The highest BCUT2D eigenvalue weighted by Crippen LogP contribution is 2.51. The lowest BCUT2D eigenvalue weighted by Crippen LogP contribution is -2.61. The van der Waals surface area contributed by atoms with Gasteiger partial charge in [0.05, 0.1) is 44.5 Å². The molecule has 334 valence electrons. The molecule has 0 aliphatic carbocycles. The molecule has 6 nitrogen and oxygen atoms in total. The van der Waals surface area contributed by atoms with Gasteiger partial charge in [-0.05, 0) is 77.1 Å². The van der Waals surface area contributed by atoms with E-state index in [9.17, 15) is 0 Å². The van der Waals surface area contributed by atoms with E-state index in [1.54, 1.807) is 0 Å². The van der Waals surface area contributed by atoms with Crippen LogP contribution in [0.2, 0.25) is 0 Å². The van der Waals surface area contributed by atoms with Crippen LogP contribution in [0.4, 0.5) is 34.1 Å². The minimum absolute atomic E-state index is 0.143. The van der Waals surface area contributed by atoms with Crippen molar-refractivity contribution in [3.63, 3.8) is 0 Å². The van der Waals surface area contributed by atoms with Gasteiger partial charge in [0.1, 0.15) is 11.2 Å². The van der Waals surface area contributed by atoms with Crippen LogP contribution in [-0.4, -0.2) is 15.5 Å². The highest BCUT2D eigenvalue weighted by molar-refractivity contribution is 7.00. The molecule has 0 radical (unpaired) electrons. The maximum atomic E-state index is 6.98. The van der Waals surface area contributed by atoms with Gasteiger partial charge in [-0.25, -0.2) is 0 Å². The van der Waals surface area contributed by atoms with E-state index >= 15 is 0 Å². The van der Waals surface area contributed by atoms with Crippen LogP contribution < -0.4 is 26.2 Å². The van der Waals surface area contributed by atoms with Crippen LogP contribution in [0.15, 0.2) is 221 Å². The first-order valence-electron chi connectivity index (χ1n) is 25.2. The summed E-state index contributed by atoms with van der Waals surface area (Å²) in [5.74, 6) is 0. The fourth-order valence-corrected chi connectivity index (χ4v) is 14.1. The number of para-hydroxylation sites is 8. The summed E-state index contributed by atoms with van der Waals surface area (Å²) in [6.45, 7) is -0.143. The van der Waals surface area contributed by atoms with Crippen LogP contribution in [0.5, 0.6) is 0 Å². The molecular formula is C66H35BN4O2. The quantitative estimate of drug-likeness (QED) is 0.162. The van der Waals surface area contributed by atoms with Gasteiger partial charge in [0.2, 0.25) is 0 Å². The summed E-state index contributed by atoms with van der Waals surface area (Å²) in [4.78, 5) is 5.02. The van der Waals surface area contributed by atoms with Crippen molar-refractivity contribution in [1.29, 1.82) is 0 Å². The van der Waals surface area contributed by atoms with E-state index in [1.165, 1.54) is 92.6 Å². The average molecular weight is 927 g/mol. The number of hydrogen-bond donors (Lipinski definition) is 0. The van der Waals surface area contributed by atoms with E-state index in [0.29, 0.717) is 0 Å². The van der Waals surface area contributed by atoms with E-state index in [4.69, 9.17) is 8.83 Å². The summed E-state index contributed by atoms with van der Waals surface area (Å²) < 4.78 is 19.0. The molecule has 2 aliphatic heterocycles. The van der Waals surface area contributed by atoms with Crippen molar-refractivity contribution in [2.45, 2.75) is 0 Å². The normalized spacial score (nSPS) is 13.7. The highest BCUT2D eigenvalue weighted by atomic mass is 16.3. The molecule has 0 saturated heterocycles. The molecule has 0 fully saturated rings. The lowest BCUT2D eigenvalue weighted by molar-refractivity contribution is 0.669. The van der Waals surface area contributed by atoms with Crippen LogP contribution >= 0.6 is 0 Å². The third kappa shape index (κ3) is 4.34. The number of rotatable bonds is 2. The van der Waals surface area contributed by atoms with Crippen molar-refractivity contribution in [3.05, 3.63) is 212 Å². The van der Waals surface area contributed by atoms with Gasteiger partial charge in [-0.15, -0.1) is 0 Å². The molecule has 0 saturated carbocycles. The predicted octanol–water partition coefficient (Wildman–Crippen LogP) is 15.9. The van der Waals surface area contributed by atoms with E-state index in [2.05, 4.69) is 231 Å². The Morgan fingerprint density at radius 3 is 1.14 bits per heavy atom. The number of fused-ring (bicyclic) bond motifs is 22. The zero-order chi connectivity index (χ0) is 46.9. The Morgan fingerprint density at radius 1 is 0.274 bits per heavy atom. The fourth-order valence-electron chi connectivity index (χ4n) is 14.1. The molecule has 2 aliphatic rings. The van der Waals surface area contributed by atoms with Gasteiger partial charge in [-0.2, -0.15) is 0 Å². The zero-order valence-electron chi connectivity index (χ0n) is 38.9. The van der Waals surface area contributed by atoms with Crippen LogP contribution in [0.25, 0.3) is 120 Å². The van der Waals surface area contributed by atoms with Crippen LogP contribution in [0, 0.1) is 0 Å². The number of hydrogen-bond acceptors (Lipinski definition) is 4. The summed E-state index contributed by atoms with van der Waals surface area (Å²) in [7, 11) is 0. The minimum Gasteiger partial charge on any atom is -0.454 e. The first-order chi connectivity index (χ1) is 36.2. The summed E-state index contributed by atoms with van der Waals surface area (Å²) in [6.07, 6.45) is 0. The SMILES string of the molecule is c1cc2c3c(c1)N(c1cccc4c1oc1ccccc14)c1cc4c(cc1B3c1cc3c5cccc6c7ccccc7n(c3cc1N2c1cccc2c1oc1ccccc12)c65)c1cccc2c3ccccc3n4c21. The molecule has 0 atom stereocenters. The molecule has 19 rings (SSSR count). The number of furan rings is 2. The summed E-state index contributed by atoms with van der Waals surface area (Å²) in [6, 6.07) is 78.5. The number of nitrogens with zero attached hydrogens (tertiary/aromatic N) is 4. The van der Waals surface area contributed by atoms with E-state index < -0.39 is 0 Å². The van der Waals surface area contributed by atoms with Gasteiger partial charge in [-0.1, -0.05) is 152 Å². The molecular weight excluding hydrogens is 892 g/mol. The zero-order valence-corrected chi connectivity index (χ0v) is 38.9. The average Bonchev–Trinajstić information content (AvgIpc) is 4.30. The molecule has 17 aromatic rings. The van der Waals surface area contributed by atoms with Gasteiger partial charge in [0, 0.05) is 87.4 Å². The Kier molecular flexibility index (Phi) is 6.51. The molecule has 0 bridgehead atoms. The number of benzene rings is 11. The molecule has 0 unspecified atom stereocenters. The van der Waals surface area contributed by atoms with Crippen molar-refractivity contribution in [2.75, 3.05) is 9.80 Å². The van der Waals surface area contributed by atoms with Crippen molar-refractivity contribution in [2.24, 2.45) is 0 Å². The first-order valence-corrected chi connectivity index (χ1v) is 25.2. The number of aromatic nitrogens is 2. The van der Waals surface area contributed by atoms with Crippen molar-refractivity contribution in [3.8, 4) is 0 Å². The molecule has 11 aromatic carbocycles. The lowest BCUT2D eigenvalue weighted by Gasteiger charge is -2.44. The summed E-state index contributed by atoms with van der Waals surface area (Å²) in [5, 5.41) is 14.5. The molecule has 7 heteroatoms. The maximum absolute atomic E-state index is 6.98. The van der Waals surface area contributed by atoms with E-state index in [0.717, 1.165) is 78.0 Å². The number of anilines is 6. The first kappa shape index (κ1) is 37.2. The third-order valence-electron chi connectivity index (χ3n) is 16.9. The topological polar surface area (TPSA) is 41.6 Å². The molecule has 73 heavy (non-hydrogen) atoms. The van der Waals surface area contributed by atoms with E-state index in [-0.39, 0.29) is 6.71 Å². The molecule has 0 N–H and O–H groups in total. The third-order valence-corrected chi connectivity index (χ3v) is 16.9. The maximum Gasteiger partial charge on any atom is 0.252 e. The van der Waals surface area contributed by atoms with Crippen molar-refractivity contribution < 1.29 is 8.83 Å². The lowest BCUT2D eigenvalue weighted by atomic mass is 9.33. The van der Waals surface area contributed by atoms with Gasteiger partial charge >= 0.3 is 0 Å². The Labute approximate surface area is 415 Å². The molecule has 0 spiro atoms. The van der Waals surface area contributed by atoms with E-state index in [1.807, 2.05) is 0 Å². The second-order valence-corrected chi connectivity index (χ2v) is 20.3. The van der Waals surface area contributed by atoms with Gasteiger partial charge in [0.25, 0.3) is 6.71 Å². The standard InChI is InChI=1S/C66H35BN4O2/c1-5-24-50-36(14-1)40-18-9-20-42-46-32-48-58(34-56(46)70(50)63(40)42)68(54-28-11-22-44-38-16-3-7-30-60(38)72-65(44)54)52-26-13-27-53-62(52)67(48)49-33-47-43-21-10-19-41-37-15-2-6-25-51(37)71(64(41)43)57(47)35-59(49)69(53)55-29-12-23-45-39-17-4-8-31-61(39)73-66(45)55/h1-35H. The largest absolute Gasteiger partial charge is 0.454 e. The molecule has 0 amide bonds. The smallest absolute Gasteiger partial charge is 0.252 e. The predicted molar refractivity (Wildman–Crippen MR) is 304 cm³/mol. The second kappa shape index (κ2) is 12.8. The van der Waals surface area contributed by atoms with Crippen LogP contribution in [0.3, 0.4) is 0 Å². The van der Waals surface area contributed by atoms with Crippen LogP contribution in [0.1, 0.15) is 0 Å². The van der Waals surface area contributed by atoms with Crippen molar-refractivity contribution in [1.82, 2.24) is 8.80 Å². The van der Waals surface area contributed by atoms with Crippen LogP contribution in [-0.2, 0) is 0 Å². The van der Waals surface area contributed by atoms with Gasteiger partial charge in [-0.3, -0.25) is 0 Å². The second-order valence-electron chi connectivity index (χ2n) is 20.3. The Balaban J connectivity index is 0.997. The molecule has 8 heterocycles. The Hall–Kier alpha value is -9.72. The Bertz CT molecular complexity index is 5000. The monoisotopic (exact) mass is 926 g/mol. The van der Waals surface area contributed by atoms with Gasteiger partial charge < -0.3 is 27.4 Å². The van der Waals surface area contributed by atoms with Crippen molar-refractivity contribution >= 4 is 177 Å². The van der Waals surface area contributed by atoms with Gasteiger partial charge in [0.15, 0.2) is 11.2 Å². The summed E-state index contributed by atoms with van der Waals surface area (Å²) in [5.41, 5.74) is 21.1. The highest BCUT2D eigenvalue weighted by Gasteiger charge is 2.45. The fraction of sp³-hybridized carbons (Fsp3) is 0. The minimum atomic E-state index is -0.143.